The van der Waals surface area contributed by atoms with Crippen LogP contribution in [0, 0.1) is 0 Å². The van der Waals surface area contributed by atoms with Crippen LogP contribution in [-0.2, 0) is 12.6 Å². The van der Waals surface area contributed by atoms with Crippen molar-refractivity contribution in [2.75, 3.05) is 6.54 Å². The lowest BCUT2D eigenvalue weighted by molar-refractivity contribution is -0.136. The molecule has 0 atom stereocenters. The quantitative estimate of drug-likeness (QED) is 0.897. The van der Waals surface area contributed by atoms with Crippen LogP contribution in [0.1, 0.15) is 17.7 Å². The van der Waals surface area contributed by atoms with Gasteiger partial charge in [-0.05, 0) is 31.2 Å². The maximum absolute atomic E-state index is 12.7. The SMILES string of the molecule is NCCCc1cc2c(C(F)(F)F)cccc2o1. The Labute approximate surface area is 96.2 Å². The molecule has 0 aliphatic carbocycles. The van der Waals surface area contributed by atoms with E-state index in [1.165, 1.54) is 18.2 Å². The lowest BCUT2D eigenvalue weighted by atomic mass is 10.1. The van der Waals surface area contributed by atoms with Crippen LogP contribution in [0.3, 0.4) is 0 Å². The van der Waals surface area contributed by atoms with Gasteiger partial charge in [0.05, 0.1) is 5.56 Å². The van der Waals surface area contributed by atoms with E-state index in [0.29, 0.717) is 25.1 Å². The van der Waals surface area contributed by atoms with Crippen LogP contribution in [0.5, 0.6) is 0 Å². The Morgan fingerprint density at radius 3 is 2.65 bits per heavy atom. The van der Waals surface area contributed by atoms with Crippen molar-refractivity contribution < 1.29 is 17.6 Å². The Hall–Kier alpha value is -1.49. The molecule has 1 heterocycles. The zero-order chi connectivity index (χ0) is 12.5. The third-order valence-electron chi connectivity index (χ3n) is 2.55. The molecule has 2 nitrogen and oxygen atoms in total. The van der Waals surface area contributed by atoms with Gasteiger partial charge in [-0.1, -0.05) is 6.07 Å². The summed E-state index contributed by atoms with van der Waals surface area (Å²) < 4.78 is 43.5. The molecule has 0 fully saturated rings. The van der Waals surface area contributed by atoms with Gasteiger partial charge < -0.3 is 10.2 Å². The number of halogens is 3. The summed E-state index contributed by atoms with van der Waals surface area (Å²) in [6.07, 6.45) is -3.10. The topological polar surface area (TPSA) is 39.2 Å². The molecule has 1 aromatic carbocycles. The number of rotatable bonds is 3. The summed E-state index contributed by atoms with van der Waals surface area (Å²) in [4.78, 5) is 0. The minimum absolute atomic E-state index is 0.118. The Morgan fingerprint density at radius 1 is 1.24 bits per heavy atom. The first-order chi connectivity index (χ1) is 8.02. The molecule has 2 N–H and O–H groups in total. The Bertz CT molecular complexity index is 516. The molecule has 2 aromatic rings. The molecule has 1 aromatic heterocycles. The summed E-state index contributed by atoms with van der Waals surface area (Å²) in [5.41, 5.74) is 4.96. The summed E-state index contributed by atoms with van der Waals surface area (Å²) >= 11 is 0. The van der Waals surface area contributed by atoms with E-state index in [1.54, 1.807) is 0 Å². The highest BCUT2D eigenvalue weighted by atomic mass is 19.4. The smallest absolute Gasteiger partial charge is 0.417 e. The Kier molecular flexibility index (Phi) is 3.11. The average molecular weight is 243 g/mol. The predicted octanol–water partition coefficient (Wildman–Crippen LogP) is 3.34. The fourth-order valence-electron chi connectivity index (χ4n) is 1.76. The second-order valence-corrected chi connectivity index (χ2v) is 3.82. The number of hydrogen-bond acceptors (Lipinski definition) is 2. The van der Waals surface area contributed by atoms with Gasteiger partial charge in [0.25, 0.3) is 0 Å². The first kappa shape index (κ1) is 12.0. The number of aryl methyl sites for hydroxylation is 1. The maximum atomic E-state index is 12.7. The van der Waals surface area contributed by atoms with E-state index in [4.69, 9.17) is 10.2 Å². The average Bonchev–Trinajstić information content (AvgIpc) is 2.66. The lowest BCUT2D eigenvalue weighted by Gasteiger charge is -2.06. The second-order valence-electron chi connectivity index (χ2n) is 3.82. The van der Waals surface area contributed by atoms with Crippen LogP contribution < -0.4 is 5.73 Å². The molecule has 92 valence electrons. The molecule has 0 saturated heterocycles. The minimum Gasteiger partial charge on any atom is -0.461 e. The number of benzene rings is 1. The van der Waals surface area contributed by atoms with Crippen LogP contribution in [-0.4, -0.2) is 6.54 Å². The van der Waals surface area contributed by atoms with Crippen molar-refractivity contribution in [2.24, 2.45) is 5.73 Å². The maximum Gasteiger partial charge on any atom is 0.417 e. The molecule has 17 heavy (non-hydrogen) atoms. The van der Waals surface area contributed by atoms with Gasteiger partial charge in [0, 0.05) is 11.8 Å². The van der Waals surface area contributed by atoms with Crippen molar-refractivity contribution in [3.8, 4) is 0 Å². The molecule has 5 heteroatoms. The summed E-state index contributed by atoms with van der Waals surface area (Å²) in [5.74, 6) is 0.544. The second kappa shape index (κ2) is 4.41. The van der Waals surface area contributed by atoms with Crippen LogP contribution >= 0.6 is 0 Å². The van der Waals surface area contributed by atoms with E-state index in [0.717, 1.165) is 6.07 Å². The molecule has 0 unspecified atom stereocenters. The van der Waals surface area contributed by atoms with E-state index in [-0.39, 0.29) is 11.0 Å². The van der Waals surface area contributed by atoms with Gasteiger partial charge >= 0.3 is 6.18 Å². The van der Waals surface area contributed by atoms with Crippen LogP contribution in [0.2, 0.25) is 0 Å². The summed E-state index contributed by atoms with van der Waals surface area (Å²) in [6.45, 7) is 0.489. The number of nitrogens with two attached hydrogens (primary N) is 1. The van der Waals surface area contributed by atoms with Crippen LogP contribution in [0.25, 0.3) is 11.0 Å². The molecule has 0 aliphatic heterocycles. The van der Waals surface area contributed by atoms with E-state index < -0.39 is 11.7 Å². The van der Waals surface area contributed by atoms with Crippen LogP contribution in [0.4, 0.5) is 13.2 Å². The summed E-state index contributed by atoms with van der Waals surface area (Å²) in [6, 6.07) is 5.40. The monoisotopic (exact) mass is 243 g/mol. The molecule has 2 rings (SSSR count). The van der Waals surface area contributed by atoms with Gasteiger partial charge in [-0.2, -0.15) is 13.2 Å². The van der Waals surface area contributed by atoms with E-state index in [9.17, 15) is 13.2 Å². The molecule has 0 saturated carbocycles. The summed E-state index contributed by atoms with van der Waals surface area (Å²) in [7, 11) is 0. The van der Waals surface area contributed by atoms with Crippen molar-refractivity contribution in [2.45, 2.75) is 19.0 Å². The first-order valence-electron chi connectivity index (χ1n) is 5.31. The summed E-state index contributed by atoms with van der Waals surface area (Å²) in [5, 5.41) is 0.118. The molecular weight excluding hydrogens is 231 g/mol. The normalized spacial score (nSPS) is 12.2. The van der Waals surface area contributed by atoms with E-state index in [2.05, 4.69) is 0 Å². The molecule has 0 aliphatic rings. The third kappa shape index (κ3) is 2.44. The highest BCUT2D eigenvalue weighted by Crippen LogP contribution is 2.36. The van der Waals surface area contributed by atoms with Crippen molar-refractivity contribution in [3.63, 3.8) is 0 Å². The van der Waals surface area contributed by atoms with Crippen molar-refractivity contribution in [1.82, 2.24) is 0 Å². The van der Waals surface area contributed by atoms with E-state index in [1.807, 2.05) is 0 Å². The standard InChI is InChI=1S/C12H12F3NO/c13-12(14,15)10-4-1-5-11-9(10)7-8(17-11)3-2-6-16/h1,4-5,7H,2-3,6,16H2. The highest BCUT2D eigenvalue weighted by molar-refractivity contribution is 5.82. The third-order valence-corrected chi connectivity index (χ3v) is 2.55. The van der Waals surface area contributed by atoms with Gasteiger partial charge in [0.15, 0.2) is 0 Å². The minimum atomic E-state index is -4.35. The lowest BCUT2D eigenvalue weighted by Crippen LogP contribution is -2.04. The van der Waals surface area contributed by atoms with Crippen LogP contribution in [0.15, 0.2) is 28.7 Å². The molecule has 0 radical (unpaired) electrons. The molecular formula is C12H12F3NO. The number of fused-ring (bicyclic) bond motifs is 1. The number of furan rings is 1. The van der Waals surface area contributed by atoms with Crippen molar-refractivity contribution in [3.05, 3.63) is 35.6 Å². The fraction of sp³-hybridized carbons (Fsp3) is 0.333. The largest absolute Gasteiger partial charge is 0.461 e. The van der Waals surface area contributed by atoms with Crippen molar-refractivity contribution in [1.29, 1.82) is 0 Å². The van der Waals surface area contributed by atoms with Gasteiger partial charge in [-0.3, -0.25) is 0 Å². The molecule has 0 amide bonds. The fourth-order valence-corrected chi connectivity index (χ4v) is 1.76. The predicted molar refractivity (Wildman–Crippen MR) is 58.6 cm³/mol. The Morgan fingerprint density at radius 2 is 2.00 bits per heavy atom. The first-order valence-corrected chi connectivity index (χ1v) is 5.31. The van der Waals surface area contributed by atoms with Gasteiger partial charge in [0.1, 0.15) is 11.3 Å². The zero-order valence-electron chi connectivity index (χ0n) is 9.05. The van der Waals surface area contributed by atoms with Gasteiger partial charge in [-0.25, -0.2) is 0 Å². The molecule has 0 spiro atoms. The zero-order valence-corrected chi connectivity index (χ0v) is 9.05. The van der Waals surface area contributed by atoms with Gasteiger partial charge in [-0.15, -0.1) is 0 Å². The Balaban J connectivity index is 2.46. The van der Waals surface area contributed by atoms with Gasteiger partial charge in [0.2, 0.25) is 0 Å². The number of alkyl halides is 3. The van der Waals surface area contributed by atoms with E-state index >= 15 is 0 Å². The highest BCUT2D eigenvalue weighted by Gasteiger charge is 2.33. The molecule has 0 bridgehead atoms. The van der Waals surface area contributed by atoms with Crippen molar-refractivity contribution >= 4 is 11.0 Å². The number of hydrogen-bond donors (Lipinski definition) is 1.